The Morgan fingerprint density at radius 1 is 0.567 bits per heavy atom. The Hall–Kier alpha value is -4.60. The molecule has 0 bridgehead atoms. The van der Waals surface area contributed by atoms with E-state index in [9.17, 15) is 19.8 Å². The van der Waals surface area contributed by atoms with Gasteiger partial charge in [0.05, 0.1) is 11.4 Å². The summed E-state index contributed by atoms with van der Waals surface area (Å²) in [5.41, 5.74) is 0.268. The van der Waals surface area contributed by atoms with Crippen molar-refractivity contribution in [2.45, 2.75) is 0 Å². The molecule has 0 saturated carbocycles. The highest BCUT2D eigenvalue weighted by Gasteiger charge is 2.13. The van der Waals surface area contributed by atoms with Gasteiger partial charge in [0.15, 0.2) is 11.5 Å². The van der Waals surface area contributed by atoms with Crippen LogP contribution in [0.15, 0.2) is 81.1 Å². The number of carboxylic acid groups (broad SMARTS) is 2. The number of hydrogen-bond acceptors (Lipinski definition) is 8. The van der Waals surface area contributed by atoms with Gasteiger partial charge in [0.2, 0.25) is 0 Å². The van der Waals surface area contributed by atoms with E-state index in [2.05, 4.69) is 20.5 Å². The molecule has 0 spiro atoms. The number of hydrogen-bond donors (Lipinski definition) is 4. The first kappa shape index (κ1) is 20.1. The van der Waals surface area contributed by atoms with Gasteiger partial charge in [-0.2, -0.15) is 10.2 Å². The smallest absolute Gasteiger partial charge is 0.339 e. The number of azo groups is 2. The first-order chi connectivity index (χ1) is 14.4. The lowest BCUT2D eigenvalue weighted by atomic mass is 10.2. The van der Waals surface area contributed by atoms with Crippen LogP contribution in [-0.2, 0) is 0 Å². The van der Waals surface area contributed by atoms with E-state index >= 15 is 0 Å². The predicted molar refractivity (Wildman–Crippen MR) is 105 cm³/mol. The highest BCUT2D eigenvalue weighted by Crippen LogP contribution is 2.33. The minimum Gasteiger partial charge on any atom is -0.505 e. The van der Waals surface area contributed by atoms with Gasteiger partial charge < -0.3 is 20.4 Å². The molecule has 0 aliphatic heterocycles. The fraction of sp³-hybridized carbons (Fsp3) is 0. The molecule has 0 aromatic heterocycles. The lowest BCUT2D eigenvalue weighted by molar-refractivity contribution is 0.0682. The van der Waals surface area contributed by atoms with E-state index in [0.717, 1.165) is 0 Å². The number of rotatable bonds is 6. The summed E-state index contributed by atoms with van der Waals surface area (Å²) in [6, 6.07) is 14.5. The van der Waals surface area contributed by atoms with E-state index in [-0.39, 0.29) is 22.5 Å². The van der Waals surface area contributed by atoms with Crippen molar-refractivity contribution in [3.8, 4) is 11.5 Å². The molecule has 0 heterocycles. The average Bonchev–Trinajstić information content (AvgIpc) is 2.72. The van der Waals surface area contributed by atoms with Crippen LogP contribution < -0.4 is 0 Å². The first-order valence-electron chi connectivity index (χ1n) is 8.41. The SMILES string of the molecule is O=C(O)c1cccc(N=Nc2ccc(N=Nc3cccc(C(=O)O)c3O)cc2)c1O. The zero-order valence-corrected chi connectivity index (χ0v) is 15.2. The monoisotopic (exact) mass is 406 g/mol. The van der Waals surface area contributed by atoms with Crippen molar-refractivity contribution in [3.63, 3.8) is 0 Å². The van der Waals surface area contributed by atoms with Crippen LogP contribution in [0.2, 0.25) is 0 Å². The van der Waals surface area contributed by atoms with Gasteiger partial charge in [-0.25, -0.2) is 9.59 Å². The Bertz CT molecular complexity index is 1080. The standard InChI is InChI=1S/C20H14N4O6/c25-17-13(19(27)28)3-1-5-15(17)23-21-11-7-9-12(10-8-11)22-24-16-6-2-4-14(18(16)26)20(29)30/h1-10,25-26H,(H,27,28)(H,29,30). The second-order valence-corrected chi connectivity index (χ2v) is 5.87. The molecule has 30 heavy (non-hydrogen) atoms. The van der Waals surface area contributed by atoms with Crippen LogP contribution in [0.3, 0.4) is 0 Å². The molecular formula is C20H14N4O6. The summed E-state index contributed by atoms with van der Waals surface area (Å²) in [7, 11) is 0. The molecule has 4 N–H and O–H groups in total. The largest absolute Gasteiger partial charge is 0.505 e. The zero-order chi connectivity index (χ0) is 21.7. The topological polar surface area (TPSA) is 164 Å². The third-order valence-electron chi connectivity index (χ3n) is 3.89. The van der Waals surface area contributed by atoms with Gasteiger partial charge >= 0.3 is 11.9 Å². The number of aromatic hydroxyl groups is 2. The van der Waals surface area contributed by atoms with Crippen LogP contribution in [-0.4, -0.2) is 32.4 Å². The van der Waals surface area contributed by atoms with Crippen molar-refractivity contribution in [2.75, 3.05) is 0 Å². The maximum absolute atomic E-state index is 11.0. The van der Waals surface area contributed by atoms with Gasteiger partial charge in [-0.15, -0.1) is 10.2 Å². The summed E-state index contributed by atoms with van der Waals surface area (Å²) in [6.07, 6.45) is 0. The summed E-state index contributed by atoms with van der Waals surface area (Å²) in [5, 5.41) is 53.4. The molecule has 0 amide bonds. The van der Waals surface area contributed by atoms with E-state index in [0.29, 0.717) is 11.4 Å². The van der Waals surface area contributed by atoms with Crippen molar-refractivity contribution in [2.24, 2.45) is 20.5 Å². The minimum atomic E-state index is -1.28. The maximum atomic E-state index is 11.0. The van der Waals surface area contributed by atoms with E-state index in [1.54, 1.807) is 24.3 Å². The molecule has 0 aliphatic carbocycles. The molecular weight excluding hydrogens is 392 g/mol. The van der Waals surface area contributed by atoms with E-state index in [1.165, 1.54) is 36.4 Å². The van der Waals surface area contributed by atoms with E-state index in [1.807, 2.05) is 0 Å². The second kappa shape index (κ2) is 8.61. The Labute approximate surface area is 169 Å². The minimum absolute atomic E-state index is 0.00690. The summed E-state index contributed by atoms with van der Waals surface area (Å²) in [6.45, 7) is 0. The van der Waals surface area contributed by atoms with Crippen LogP contribution in [0, 0.1) is 0 Å². The first-order valence-corrected chi connectivity index (χ1v) is 8.41. The Kier molecular flexibility index (Phi) is 5.78. The average molecular weight is 406 g/mol. The molecule has 150 valence electrons. The molecule has 0 aliphatic rings. The summed E-state index contributed by atoms with van der Waals surface area (Å²) >= 11 is 0. The van der Waals surface area contributed by atoms with Gasteiger partial charge in [0, 0.05) is 0 Å². The predicted octanol–water partition coefficient (Wildman–Crippen LogP) is 5.33. The number of aromatic carboxylic acids is 2. The summed E-state index contributed by atoms with van der Waals surface area (Å²) in [5.74, 6) is -3.52. The maximum Gasteiger partial charge on any atom is 0.339 e. The third-order valence-corrected chi connectivity index (χ3v) is 3.89. The molecule has 3 aromatic carbocycles. The molecule has 0 fully saturated rings. The van der Waals surface area contributed by atoms with Crippen molar-refractivity contribution >= 4 is 34.7 Å². The van der Waals surface area contributed by atoms with Crippen LogP contribution in [0.1, 0.15) is 20.7 Å². The van der Waals surface area contributed by atoms with Gasteiger partial charge in [0.25, 0.3) is 0 Å². The van der Waals surface area contributed by atoms with E-state index < -0.39 is 23.4 Å². The van der Waals surface area contributed by atoms with Gasteiger partial charge in [-0.05, 0) is 48.5 Å². The quantitative estimate of drug-likeness (QED) is 0.404. The molecule has 0 atom stereocenters. The van der Waals surface area contributed by atoms with Crippen molar-refractivity contribution in [1.29, 1.82) is 0 Å². The molecule has 0 radical (unpaired) electrons. The molecule has 0 unspecified atom stereocenters. The zero-order valence-electron chi connectivity index (χ0n) is 15.2. The van der Waals surface area contributed by atoms with Gasteiger partial charge in [0.1, 0.15) is 22.5 Å². The Balaban J connectivity index is 1.76. The van der Waals surface area contributed by atoms with Gasteiger partial charge in [-0.3, -0.25) is 0 Å². The fourth-order valence-electron chi connectivity index (χ4n) is 2.38. The van der Waals surface area contributed by atoms with Crippen LogP contribution in [0.4, 0.5) is 22.7 Å². The van der Waals surface area contributed by atoms with Crippen molar-refractivity contribution in [3.05, 3.63) is 71.8 Å². The lowest BCUT2D eigenvalue weighted by Crippen LogP contribution is -1.95. The van der Waals surface area contributed by atoms with Crippen molar-refractivity contribution in [1.82, 2.24) is 0 Å². The lowest BCUT2D eigenvalue weighted by Gasteiger charge is -2.02. The Morgan fingerprint density at radius 2 is 0.933 bits per heavy atom. The normalized spacial score (nSPS) is 11.2. The summed E-state index contributed by atoms with van der Waals surface area (Å²) in [4.78, 5) is 22.1. The third kappa shape index (κ3) is 4.44. The number of carboxylic acids is 2. The van der Waals surface area contributed by atoms with Crippen LogP contribution >= 0.6 is 0 Å². The number of phenols is 2. The van der Waals surface area contributed by atoms with Crippen LogP contribution in [0.25, 0.3) is 0 Å². The van der Waals surface area contributed by atoms with Crippen LogP contribution in [0.5, 0.6) is 11.5 Å². The van der Waals surface area contributed by atoms with Crippen molar-refractivity contribution < 1.29 is 30.0 Å². The number of para-hydroxylation sites is 2. The highest BCUT2D eigenvalue weighted by atomic mass is 16.4. The fourth-order valence-corrected chi connectivity index (χ4v) is 2.38. The molecule has 0 saturated heterocycles. The second-order valence-electron chi connectivity index (χ2n) is 5.87. The molecule has 3 rings (SSSR count). The molecule has 10 heteroatoms. The number of nitrogens with zero attached hydrogens (tertiary/aromatic N) is 4. The Morgan fingerprint density at radius 3 is 1.27 bits per heavy atom. The molecule has 10 nitrogen and oxygen atoms in total. The number of benzene rings is 3. The van der Waals surface area contributed by atoms with E-state index in [4.69, 9.17) is 10.2 Å². The van der Waals surface area contributed by atoms with Gasteiger partial charge in [-0.1, -0.05) is 12.1 Å². The highest BCUT2D eigenvalue weighted by molar-refractivity contribution is 5.93. The molecule has 3 aromatic rings. The number of carbonyl (C=O) groups is 2. The summed E-state index contributed by atoms with van der Waals surface area (Å²) < 4.78 is 0.